The highest BCUT2D eigenvalue weighted by atomic mass is 16.6. The van der Waals surface area contributed by atoms with E-state index < -0.39 is 5.60 Å². The van der Waals surface area contributed by atoms with Crippen LogP contribution >= 0.6 is 0 Å². The van der Waals surface area contributed by atoms with E-state index in [1.54, 1.807) is 12.1 Å². The van der Waals surface area contributed by atoms with Gasteiger partial charge in [0.05, 0.1) is 0 Å². The third kappa shape index (κ3) is 4.10. The fourth-order valence-electron chi connectivity index (χ4n) is 3.62. The van der Waals surface area contributed by atoms with Crippen LogP contribution in [0.15, 0.2) is 23.0 Å². The molecule has 24 heavy (non-hydrogen) atoms. The minimum absolute atomic E-state index is 0.00304. The van der Waals surface area contributed by atoms with E-state index in [0.29, 0.717) is 11.8 Å². The number of H-pyrrole nitrogens is 1. The summed E-state index contributed by atoms with van der Waals surface area (Å²) in [5.74, 6) is 1.00. The molecule has 6 nitrogen and oxygen atoms in total. The summed E-state index contributed by atoms with van der Waals surface area (Å²) in [6.45, 7) is 6.43. The molecule has 1 aliphatic carbocycles. The van der Waals surface area contributed by atoms with Gasteiger partial charge in [0, 0.05) is 25.1 Å². The summed E-state index contributed by atoms with van der Waals surface area (Å²) >= 11 is 0. The lowest BCUT2D eigenvalue weighted by atomic mass is 10.0. The third-order valence-corrected chi connectivity index (χ3v) is 4.60. The van der Waals surface area contributed by atoms with Gasteiger partial charge in [-0.25, -0.2) is 4.79 Å². The van der Waals surface area contributed by atoms with Gasteiger partial charge >= 0.3 is 6.09 Å². The number of hydrogen-bond acceptors (Lipinski definition) is 4. The molecule has 2 aliphatic rings. The van der Waals surface area contributed by atoms with Crippen molar-refractivity contribution in [2.75, 3.05) is 6.54 Å². The summed E-state index contributed by atoms with van der Waals surface area (Å²) in [4.78, 5) is 28.4. The summed E-state index contributed by atoms with van der Waals surface area (Å²) in [5, 5.41) is 0. The van der Waals surface area contributed by atoms with Crippen LogP contribution in [0.25, 0.3) is 0 Å². The van der Waals surface area contributed by atoms with Gasteiger partial charge in [-0.15, -0.1) is 0 Å². The molecule has 1 saturated carbocycles. The highest BCUT2D eigenvalue weighted by Gasteiger charge is 2.41. The smallest absolute Gasteiger partial charge is 0.410 e. The number of ether oxygens (including phenoxy) is 2. The van der Waals surface area contributed by atoms with Gasteiger partial charge in [0.2, 0.25) is 0 Å². The molecule has 1 saturated heterocycles. The monoisotopic (exact) mass is 334 g/mol. The van der Waals surface area contributed by atoms with E-state index in [0.717, 1.165) is 32.2 Å². The van der Waals surface area contributed by atoms with E-state index in [9.17, 15) is 9.59 Å². The van der Waals surface area contributed by atoms with Crippen LogP contribution in [0.3, 0.4) is 0 Å². The van der Waals surface area contributed by atoms with Crippen molar-refractivity contribution in [1.82, 2.24) is 9.88 Å². The maximum atomic E-state index is 12.4. The van der Waals surface area contributed by atoms with Crippen molar-refractivity contribution in [1.29, 1.82) is 0 Å². The Morgan fingerprint density at radius 2 is 2.04 bits per heavy atom. The molecule has 1 N–H and O–H groups in total. The molecule has 1 aromatic heterocycles. The quantitative estimate of drug-likeness (QED) is 0.902. The molecular weight excluding hydrogens is 308 g/mol. The SMILES string of the molecule is CC(C)(C)OC(=O)N1CC2CC[C@@H](Oc3cccc(=O)[nH]3)C[C@H]1C2. The molecular formula is C18H26N2O4. The second-order valence-electron chi connectivity index (χ2n) is 7.82. The maximum Gasteiger partial charge on any atom is 0.410 e. The summed E-state index contributed by atoms with van der Waals surface area (Å²) < 4.78 is 11.5. The van der Waals surface area contributed by atoms with Gasteiger partial charge in [0.15, 0.2) is 5.88 Å². The number of carbonyl (C=O) groups is 1. The number of fused-ring (bicyclic) bond motifs is 2. The molecule has 1 aliphatic heterocycles. The first-order valence-electron chi connectivity index (χ1n) is 8.66. The minimum Gasteiger partial charge on any atom is -0.476 e. The first-order chi connectivity index (χ1) is 11.3. The topological polar surface area (TPSA) is 71.6 Å². The number of nitrogens with one attached hydrogen (secondary N) is 1. The number of likely N-dealkylation sites (tertiary alicyclic amines) is 1. The van der Waals surface area contributed by atoms with Crippen LogP contribution in [0, 0.1) is 5.92 Å². The molecule has 0 aromatic carbocycles. The van der Waals surface area contributed by atoms with Crippen molar-refractivity contribution in [2.45, 2.75) is 64.2 Å². The molecule has 3 rings (SSSR count). The number of amides is 1. The van der Waals surface area contributed by atoms with Gasteiger partial charge in [0.1, 0.15) is 11.7 Å². The lowest BCUT2D eigenvalue weighted by molar-refractivity contribution is 0.0165. The van der Waals surface area contributed by atoms with Crippen LogP contribution in [-0.2, 0) is 4.74 Å². The predicted octanol–water partition coefficient (Wildman–Crippen LogP) is 2.93. The zero-order valence-electron chi connectivity index (χ0n) is 14.6. The van der Waals surface area contributed by atoms with Gasteiger partial charge in [-0.05, 0) is 52.0 Å². The number of rotatable bonds is 2. The average Bonchev–Trinajstić information content (AvgIpc) is 2.74. The zero-order chi connectivity index (χ0) is 17.3. The van der Waals surface area contributed by atoms with Crippen LogP contribution in [0.5, 0.6) is 5.88 Å². The van der Waals surface area contributed by atoms with Crippen LogP contribution in [0.2, 0.25) is 0 Å². The Hall–Kier alpha value is -1.98. The summed E-state index contributed by atoms with van der Waals surface area (Å²) in [6.07, 6.45) is 3.52. The molecule has 1 unspecified atom stereocenters. The van der Waals surface area contributed by atoms with Gasteiger partial charge in [-0.3, -0.25) is 9.78 Å². The van der Waals surface area contributed by atoms with Gasteiger partial charge in [-0.2, -0.15) is 0 Å². The van der Waals surface area contributed by atoms with Crippen molar-refractivity contribution in [3.05, 3.63) is 28.6 Å². The minimum atomic E-state index is -0.483. The lowest BCUT2D eigenvalue weighted by Gasteiger charge is -2.31. The van der Waals surface area contributed by atoms with Crippen LogP contribution in [0.1, 0.15) is 46.5 Å². The number of aromatic nitrogens is 1. The van der Waals surface area contributed by atoms with E-state index in [2.05, 4.69) is 4.98 Å². The predicted molar refractivity (Wildman–Crippen MR) is 90.2 cm³/mol. The molecule has 3 atom stereocenters. The highest BCUT2D eigenvalue weighted by molar-refractivity contribution is 5.69. The van der Waals surface area contributed by atoms with Crippen molar-refractivity contribution in [3.63, 3.8) is 0 Å². The van der Waals surface area contributed by atoms with E-state index in [4.69, 9.17) is 9.47 Å². The molecule has 0 radical (unpaired) electrons. The number of carbonyl (C=O) groups excluding carboxylic acids is 1. The first kappa shape index (κ1) is 16.9. The molecule has 1 amide bonds. The van der Waals surface area contributed by atoms with Crippen molar-refractivity contribution in [3.8, 4) is 5.88 Å². The summed E-state index contributed by atoms with van der Waals surface area (Å²) in [7, 11) is 0. The van der Waals surface area contributed by atoms with Crippen molar-refractivity contribution >= 4 is 6.09 Å². The van der Waals surface area contributed by atoms with Gasteiger partial charge in [0.25, 0.3) is 5.56 Å². The summed E-state index contributed by atoms with van der Waals surface area (Å²) in [6, 6.07) is 5.06. The average molecular weight is 334 g/mol. The molecule has 2 bridgehead atoms. The fraction of sp³-hybridized carbons (Fsp3) is 0.667. The second-order valence-corrected chi connectivity index (χ2v) is 7.82. The molecule has 2 fully saturated rings. The van der Waals surface area contributed by atoms with Gasteiger partial charge < -0.3 is 14.4 Å². The Balaban J connectivity index is 1.66. The largest absolute Gasteiger partial charge is 0.476 e. The van der Waals surface area contributed by atoms with E-state index in [1.807, 2.05) is 25.7 Å². The summed E-state index contributed by atoms with van der Waals surface area (Å²) in [5.41, 5.74) is -0.651. The van der Waals surface area contributed by atoms with Crippen LogP contribution < -0.4 is 10.3 Å². The Kier molecular flexibility index (Phi) is 4.56. The molecule has 1 aromatic rings. The molecule has 6 heteroatoms. The number of aromatic amines is 1. The first-order valence-corrected chi connectivity index (χ1v) is 8.66. The van der Waals surface area contributed by atoms with E-state index in [-0.39, 0.29) is 23.8 Å². The highest BCUT2D eigenvalue weighted by Crippen LogP contribution is 2.36. The number of pyridine rings is 1. The maximum absolute atomic E-state index is 12.4. The Morgan fingerprint density at radius 3 is 2.75 bits per heavy atom. The number of nitrogens with zero attached hydrogens (tertiary/aromatic N) is 1. The van der Waals surface area contributed by atoms with E-state index >= 15 is 0 Å². The standard InChI is InChI=1S/C18H26N2O4/c1-18(2,3)24-17(22)20-11-12-7-8-14(10-13(20)9-12)23-16-6-4-5-15(21)19-16/h4-6,12-14H,7-11H2,1-3H3,(H,19,21)/t12?,13-,14-/m1/s1. The Morgan fingerprint density at radius 1 is 1.25 bits per heavy atom. The lowest BCUT2D eigenvalue weighted by Crippen LogP contribution is -2.42. The zero-order valence-corrected chi connectivity index (χ0v) is 14.6. The third-order valence-electron chi connectivity index (χ3n) is 4.60. The van der Waals surface area contributed by atoms with Crippen molar-refractivity contribution < 1.29 is 14.3 Å². The second kappa shape index (κ2) is 6.49. The number of hydrogen-bond donors (Lipinski definition) is 1. The van der Waals surface area contributed by atoms with Crippen molar-refractivity contribution in [2.24, 2.45) is 5.92 Å². The fourth-order valence-corrected chi connectivity index (χ4v) is 3.62. The molecule has 132 valence electrons. The normalized spacial score (nSPS) is 26.8. The van der Waals surface area contributed by atoms with Crippen LogP contribution in [0.4, 0.5) is 4.79 Å². The van der Waals surface area contributed by atoms with Gasteiger partial charge in [-0.1, -0.05) is 6.07 Å². The van der Waals surface area contributed by atoms with Crippen LogP contribution in [-0.4, -0.2) is 40.3 Å². The Labute approximate surface area is 142 Å². The Bertz CT molecular complexity index is 649. The molecule has 0 spiro atoms. The molecule has 2 heterocycles. The van der Waals surface area contributed by atoms with E-state index in [1.165, 1.54) is 6.07 Å².